The summed E-state index contributed by atoms with van der Waals surface area (Å²) in [7, 11) is 1.52. The molecule has 0 aliphatic carbocycles. The number of nitrogens with one attached hydrogen (secondary N) is 1. The van der Waals surface area contributed by atoms with Crippen LogP contribution in [0, 0.1) is 6.92 Å². The first-order valence-electron chi connectivity index (χ1n) is 8.76. The number of aromatic nitrogens is 4. The fraction of sp³-hybridized carbons (Fsp3) is 0.150. The SMILES string of the molecule is CNC(=O)c1cc2c(=O)n3cccc(C)c3nc2[n+](Cc2cccnc2)c1N. The Morgan fingerprint density at radius 1 is 1.32 bits per heavy atom. The Morgan fingerprint density at radius 3 is 2.86 bits per heavy atom. The number of carbonyl (C=O) groups is 1. The minimum Gasteiger partial charge on any atom is -0.355 e. The second kappa shape index (κ2) is 6.73. The van der Waals surface area contributed by atoms with Gasteiger partial charge in [-0.3, -0.25) is 19.0 Å². The fourth-order valence-electron chi connectivity index (χ4n) is 3.26. The van der Waals surface area contributed by atoms with Crippen molar-refractivity contribution < 1.29 is 9.36 Å². The van der Waals surface area contributed by atoms with Crippen molar-refractivity contribution in [2.24, 2.45) is 0 Å². The molecule has 4 aromatic heterocycles. The number of amides is 1. The average Bonchev–Trinajstić information content (AvgIpc) is 2.71. The molecule has 0 radical (unpaired) electrons. The van der Waals surface area contributed by atoms with Gasteiger partial charge in [-0.05, 0) is 25.1 Å². The van der Waals surface area contributed by atoms with E-state index in [9.17, 15) is 9.59 Å². The number of nitrogen functional groups attached to an aromatic ring is 1. The maximum absolute atomic E-state index is 13.1. The molecule has 0 fully saturated rings. The Hall–Kier alpha value is -3.81. The van der Waals surface area contributed by atoms with Crippen molar-refractivity contribution in [3.8, 4) is 0 Å². The van der Waals surface area contributed by atoms with E-state index < -0.39 is 0 Å². The molecular weight excluding hydrogens is 356 g/mol. The van der Waals surface area contributed by atoms with Crippen molar-refractivity contribution in [1.29, 1.82) is 0 Å². The number of aryl methyl sites for hydroxylation is 1. The lowest BCUT2D eigenvalue weighted by Gasteiger charge is -2.12. The molecule has 0 saturated carbocycles. The van der Waals surface area contributed by atoms with Gasteiger partial charge in [-0.25, -0.2) is 4.57 Å². The number of fused-ring (bicyclic) bond motifs is 2. The number of carbonyl (C=O) groups excluding carboxylic acids is 1. The van der Waals surface area contributed by atoms with E-state index in [0.29, 0.717) is 23.2 Å². The summed E-state index contributed by atoms with van der Waals surface area (Å²) in [6, 6.07) is 8.91. The van der Waals surface area contributed by atoms with Gasteiger partial charge in [-0.1, -0.05) is 17.1 Å². The van der Waals surface area contributed by atoms with Crippen LogP contribution in [0.25, 0.3) is 16.7 Å². The lowest BCUT2D eigenvalue weighted by molar-refractivity contribution is -0.649. The van der Waals surface area contributed by atoms with Gasteiger partial charge in [0.25, 0.3) is 17.1 Å². The van der Waals surface area contributed by atoms with E-state index in [1.54, 1.807) is 29.2 Å². The number of anilines is 1. The van der Waals surface area contributed by atoms with Crippen LogP contribution >= 0.6 is 0 Å². The number of nitrogens with two attached hydrogens (primary N) is 1. The van der Waals surface area contributed by atoms with Crippen LogP contribution in [0.15, 0.2) is 53.7 Å². The fourth-order valence-corrected chi connectivity index (χ4v) is 3.26. The molecule has 8 nitrogen and oxygen atoms in total. The number of pyridine rings is 3. The topological polar surface area (TPSA) is 106 Å². The molecule has 4 rings (SSSR count). The lowest BCUT2D eigenvalue weighted by Crippen LogP contribution is -2.43. The largest absolute Gasteiger partial charge is 0.355 e. The molecule has 0 bridgehead atoms. The second-order valence-corrected chi connectivity index (χ2v) is 6.51. The highest BCUT2D eigenvalue weighted by Gasteiger charge is 2.24. The molecule has 0 unspecified atom stereocenters. The zero-order valence-electron chi connectivity index (χ0n) is 15.5. The summed E-state index contributed by atoms with van der Waals surface area (Å²) in [5.74, 6) is -0.131. The highest BCUT2D eigenvalue weighted by atomic mass is 16.1. The van der Waals surface area contributed by atoms with Crippen LogP contribution in [-0.2, 0) is 6.54 Å². The number of hydrogen-bond acceptors (Lipinski definition) is 5. The summed E-state index contributed by atoms with van der Waals surface area (Å²) in [5.41, 5.74) is 9.02. The van der Waals surface area contributed by atoms with E-state index in [2.05, 4.69) is 10.3 Å². The molecule has 1 amide bonds. The van der Waals surface area contributed by atoms with Gasteiger partial charge in [0.15, 0.2) is 0 Å². The smallest absolute Gasteiger partial charge is 0.278 e. The van der Waals surface area contributed by atoms with Crippen molar-refractivity contribution in [2.45, 2.75) is 13.5 Å². The van der Waals surface area contributed by atoms with Gasteiger partial charge in [0.2, 0.25) is 11.5 Å². The summed E-state index contributed by atoms with van der Waals surface area (Å²) in [6.07, 6.45) is 5.06. The molecule has 140 valence electrons. The Labute approximate surface area is 160 Å². The predicted molar refractivity (Wildman–Crippen MR) is 105 cm³/mol. The van der Waals surface area contributed by atoms with Crippen LogP contribution in [0.5, 0.6) is 0 Å². The van der Waals surface area contributed by atoms with Gasteiger partial charge in [-0.15, -0.1) is 0 Å². The summed E-state index contributed by atoms with van der Waals surface area (Å²) >= 11 is 0. The zero-order chi connectivity index (χ0) is 19.8. The first kappa shape index (κ1) is 17.6. The van der Waals surface area contributed by atoms with E-state index in [4.69, 9.17) is 10.7 Å². The Morgan fingerprint density at radius 2 is 2.14 bits per heavy atom. The van der Waals surface area contributed by atoms with Crippen LogP contribution in [0.2, 0.25) is 0 Å². The summed E-state index contributed by atoms with van der Waals surface area (Å²) < 4.78 is 3.17. The molecule has 0 spiro atoms. The van der Waals surface area contributed by atoms with Crippen LogP contribution in [-0.4, -0.2) is 27.3 Å². The predicted octanol–water partition coefficient (Wildman–Crippen LogP) is 0.829. The molecular formula is C20H19N6O2+. The second-order valence-electron chi connectivity index (χ2n) is 6.51. The number of hydrogen-bond donors (Lipinski definition) is 2. The van der Waals surface area contributed by atoms with Crippen molar-refractivity contribution in [3.63, 3.8) is 0 Å². The van der Waals surface area contributed by atoms with Gasteiger partial charge in [0.05, 0.1) is 6.54 Å². The van der Waals surface area contributed by atoms with Crippen LogP contribution in [0.4, 0.5) is 5.82 Å². The maximum atomic E-state index is 13.1. The van der Waals surface area contributed by atoms with Crippen LogP contribution in [0.3, 0.4) is 0 Å². The molecule has 4 heterocycles. The summed E-state index contributed by atoms with van der Waals surface area (Å²) in [4.78, 5) is 34.4. The van der Waals surface area contributed by atoms with E-state index in [0.717, 1.165) is 11.1 Å². The molecule has 28 heavy (non-hydrogen) atoms. The minimum absolute atomic E-state index is 0.227. The Balaban J connectivity index is 2.12. The highest BCUT2D eigenvalue weighted by molar-refractivity contribution is 6.00. The molecule has 0 aliphatic heterocycles. The third kappa shape index (κ3) is 2.75. The van der Waals surface area contributed by atoms with Crippen molar-refractivity contribution in [2.75, 3.05) is 12.8 Å². The van der Waals surface area contributed by atoms with Gasteiger partial charge in [-0.2, -0.15) is 0 Å². The maximum Gasteiger partial charge on any atom is 0.278 e. The van der Waals surface area contributed by atoms with Crippen molar-refractivity contribution in [3.05, 3.63) is 76.0 Å². The van der Waals surface area contributed by atoms with E-state index in [1.807, 2.05) is 25.1 Å². The zero-order valence-corrected chi connectivity index (χ0v) is 15.5. The molecule has 0 aromatic carbocycles. The normalized spacial score (nSPS) is 11.1. The quantitative estimate of drug-likeness (QED) is 0.407. The Kier molecular flexibility index (Phi) is 4.23. The number of nitrogens with zero attached hydrogens (tertiary/aromatic N) is 4. The van der Waals surface area contributed by atoms with Crippen LogP contribution in [0.1, 0.15) is 21.5 Å². The Bertz CT molecular complexity index is 1280. The highest BCUT2D eigenvalue weighted by Crippen LogP contribution is 2.16. The molecule has 4 aromatic rings. The van der Waals surface area contributed by atoms with Gasteiger partial charge in [0, 0.05) is 36.8 Å². The molecule has 0 atom stereocenters. The third-order valence-corrected chi connectivity index (χ3v) is 4.71. The van der Waals surface area contributed by atoms with Gasteiger partial charge < -0.3 is 11.1 Å². The average molecular weight is 375 g/mol. The molecule has 8 heteroatoms. The van der Waals surface area contributed by atoms with E-state index >= 15 is 0 Å². The standard InChI is InChI=1S/C20H18N6O2/c1-12-5-4-8-25-17(12)24-18-15(20(25)28)9-14(19(27)22-2)16(21)26(18)11-13-6-3-7-23-10-13/h3-10,21H,11H2,1-2H3,(H,22,27)/p+1. The third-order valence-electron chi connectivity index (χ3n) is 4.71. The van der Waals surface area contributed by atoms with Gasteiger partial charge in [0.1, 0.15) is 10.9 Å². The summed E-state index contributed by atoms with van der Waals surface area (Å²) in [5, 5.41) is 2.89. The first-order valence-corrected chi connectivity index (χ1v) is 8.76. The van der Waals surface area contributed by atoms with Crippen molar-refractivity contribution >= 4 is 28.4 Å². The number of rotatable bonds is 3. The van der Waals surface area contributed by atoms with E-state index in [-0.39, 0.29) is 22.8 Å². The molecule has 0 saturated heterocycles. The minimum atomic E-state index is -0.368. The van der Waals surface area contributed by atoms with Crippen LogP contribution < -0.4 is 21.2 Å². The van der Waals surface area contributed by atoms with E-state index in [1.165, 1.54) is 17.5 Å². The first-order chi connectivity index (χ1) is 13.5. The monoisotopic (exact) mass is 375 g/mol. The lowest BCUT2D eigenvalue weighted by atomic mass is 10.1. The van der Waals surface area contributed by atoms with Gasteiger partial charge >= 0.3 is 0 Å². The molecule has 0 aliphatic rings. The molecule has 3 N–H and O–H groups in total. The summed E-state index contributed by atoms with van der Waals surface area (Å²) in [6.45, 7) is 2.22. The van der Waals surface area contributed by atoms with Crippen molar-refractivity contribution in [1.82, 2.24) is 19.7 Å².